The number of pyridine rings is 1. The summed E-state index contributed by atoms with van der Waals surface area (Å²) in [4.78, 5) is 26.7. The van der Waals surface area contributed by atoms with E-state index in [-0.39, 0.29) is 12.0 Å². The van der Waals surface area contributed by atoms with Gasteiger partial charge in [0.25, 0.3) is 5.91 Å². The molecule has 3 aromatic rings. The molecule has 1 aliphatic rings. The van der Waals surface area contributed by atoms with E-state index in [1.54, 1.807) is 12.4 Å². The highest BCUT2D eigenvalue weighted by atomic mass is 16.5. The molecule has 1 aliphatic heterocycles. The largest absolute Gasteiger partial charge is 0.367 e. The normalized spacial score (nSPS) is 18.0. The van der Waals surface area contributed by atoms with Crippen molar-refractivity contribution in [3.8, 4) is 0 Å². The number of nitrogens with one attached hydrogen (secondary N) is 1. The van der Waals surface area contributed by atoms with Crippen molar-refractivity contribution in [3.63, 3.8) is 0 Å². The molecule has 24 heavy (non-hydrogen) atoms. The summed E-state index contributed by atoms with van der Waals surface area (Å²) < 4.78 is 5.78. The fourth-order valence-corrected chi connectivity index (χ4v) is 3.06. The third kappa shape index (κ3) is 2.65. The summed E-state index contributed by atoms with van der Waals surface area (Å²) in [5.41, 5.74) is 2.49. The summed E-state index contributed by atoms with van der Waals surface area (Å²) in [6, 6.07) is 9.43. The van der Waals surface area contributed by atoms with Crippen molar-refractivity contribution in [1.82, 2.24) is 19.9 Å². The van der Waals surface area contributed by atoms with Gasteiger partial charge >= 0.3 is 0 Å². The highest BCUT2D eigenvalue weighted by Gasteiger charge is 2.28. The van der Waals surface area contributed by atoms with Gasteiger partial charge in [-0.3, -0.25) is 9.78 Å². The Hall–Kier alpha value is -2.73. The van der Waals surface area contributed by atoms with Crippen LogP contribution in [0.5, 0.6) is 0 Å². The molecule has 6 nitrogen and oxygen atoms in total. The number of benzene rings is 1. The number of hydrogen-bond acceptors (Lipinski definition) is 4. The second-order valence-electron chi connectivity index (χ2n) is 5.94. The molecule has 4 rings (SSSR count). The van der Waals surface area contributed by atoms with Crippen LogP contribution in [-0.2, 0) is 4.74 Å². The lowest BCUT2D eigenvalue weighted by atomic mass is 10.1. The Morgan fingerprint density at radius 3 is 3.04 bits per heavy atom. The first-order chi connectivity index (χ1) is 11.7. The Labute approximate surface area is 139 Å². The molecule has 0 radical (unpaired) electrons. The van der Waals surface area contributed by atoms with Crippen molar-refractivity contribution in [2.45, 2.75) is 13.0 Å². The van der Waals surface area contributed by atoms with Crippen LogP contribution in [-0.4, -0.2) is 45.5 Å². The first-order valence-corrected chi connectivity index (χ1v) is 7.98. The average Bonchev–Trinajstić information content (AvgIpc) is 3.07. The molecular weight excluding hydrogens is 304 g/mol. The summed E-state index contributed by atoms with van der Waals surface area (Å²) in [6.07, 6.45) is 3.29. The number of ether oxygens (including phenoxy) is 1. The van der Waals surface area contributed by atoms with Crippen LogP contribution in [0.4, 0.5) is 0 Å². The van der Waals surface area contributed by atoms with E-state index in [9.17, 15) is 4.79 Å². The Morgan fingerprint density at radius 1 is 1.29 bits per heavy atom. The van der Waals surface area contributed by atoms with E-state index < -0.39 is 0 Å². The molecule has 1 atom stereocenters. The van der Waals surface area contributed by atoms with Crippen LogP contribution < -0.4 is 0 Å². The summed E-state index contributed by atoms with van der Waals surface area (Å²) in [5.74, 6) is 0.773. The molecule has 6 heteroatoms. The average molecular weight is 322 g/mol. The van der Waals surface area contributed by atoms with Crippen LogP contribution in [0.3, 0.4) is 0 Å². The highest BCUT2D eigenvalue weighted by molar-refractivity contribution is 6.06. The molecule has 0 spiro atoms. The van der Waals surface area contributed by atoms with Gasteiger partial charge in [-0.25, -0.2) is 4.98 Å². The van der Waals surface area contributed by atoms with Gasteiger partial charge in [0, 0.05) is 35.6 Å². The maximum atomic E-state index is 13.0. The van der Waals surface area contributed by atoms with Crippen LogP contribution in [0.2, 0.25) is 0 Å². The van der Waals surface area contributed by atoms with Gasteiger partial charge in [0.1, 0.15) is 11.9 Å². The number of amides is 1. The molecular formula is C18H18N4O2. The van der Waals surface area contributed by atoms with Gasteiger partial charge < -0.3 is 14.6 Å². The number of carbonyl (C=O) groups excluding carboxylic acids is 1. The zero-order valence-corrected chi connectivity index (χ0v) is 13.4. The number of nitrogens with zero attached hydrogens (tertiary/aromatic N) is 3. The Kier molecular flexibility index (Phi) is 3.74. The van der Waals surface area contributed by atoms with Crippen molar-refractivity contribution < 1.29 is 9.53 Å². The molecule has 3 heterocycles. The molecule has 2 aromatic heterocycles. The Balaban J connectivity index is 1.61. The third-order valence-electron chi connectivity index (χ3n) is 4.26. The smallest absolute Gasteiger partial charge is 0.254 e. The van der Waals surface area contributed by atoms with Gasteiger partial charge in [-0.2, -0.15) is 0 Å². The molecule has 1 unspecified atom stereocenters. The van der Waals surface area contributed by atoms with Crippen LogP contribution >= 0.6 is 0 Å². The molecule has 0 bridgehead atoms. The second-order valence-corrected chi connectivity index (χ2v) is 5.94. The van der Waals surface area contributed by atoms with E-state index in [2.05, 4.69) is 15.0 Å². The molecule has 1 amide bonds. The monoisotopic (exact) mass is 322 g/mol. The quantitative estimate of drug-likeness (QED) is 0.787. The van der Waals surface area contributed by atoms with Crippen molar-refractivity contribution >= 4 is 16.8 Å². The maximum Gasteiger partial charge on any atom is 0.254 e. The fraction of sp³-hybridized carbons (Fsp3) is 0.278. The van der Waals surface area contributed by atoms with Crippen molar-refractivity contribution in [2.75, 3.05) is 19.7 Å². The summed E-state index contributed by atoms with van der Waals surface area (Å²) in [7, 11) is 0. The minimum absolute atomic E-state index is 0.00479. The predicted octanol–water partition coefficient (Wildman–Crippen LogP) is 2.48. The number of morpholine rings is 1. The van der Waals surface area contributed by atoms with Crippen molar-refractivity contribution in [2.24, 2.45) is 0 Å². The molecule has 1 saturated heterocycles. The Bertz CT molecular complexity index is 884. The van der Waals surface area contributed by atoms with E-state index in [0.29, 0.717) is 25.3 Å². The lowest BCUT2D eigenvalue weighted by Crippen LogP contribution is -2.42. The van der Waals surface area contributed by atoms with Crippen molar-refractivity contribution in [1.29, 1.82) is 0 Å². The number of H-pyrrole nitrogens is 1. The summed E-state index contributed by atoms with van der Waals surface area (Å²) in [6.45, 7) is 3.51. The zero-order valence-electron chi connectivity index (χ0n) is 13.4. The highest BCUT2D eigenvalue weighted by Crippen LogP contribution is 2.23. The van der Waals surface area contributed by atoms with Crippen molar-refractivity contribution in [3.05, 3.63) is 59.8 Å². The molecule has 0 saturated carbocycles. The number of aromatic nitrogens is 3. The van der Waals surface area contributed by atoms with Gasteiger partial charge in [-0.05, 0) is 25.1 Å². The first-order valence-electron chi connectivity index (χ1n) is 7.98. The lowest BCUT2D eigenvalue weighted by Gasteiger charge is -2.32. The second kappa shape index (κ2) is 6.05. The number of hydrogen-bond donors (Lipinski definition) is 1. The van der Waals surface area contributed by atoms with E-state index in [1.807, 2.05) is 42.2 Å². The summed E-state index contributed by atoms with van der Waals surface area (Å²) in [5, 5.41) is 0.877. The van der Waals surface area contributed by atoms with Crippen LogP contribution in [0.1, 0.15) is 28.0 Å². The fourth-order valence-electron chi connectivity index (χ4n) is 3.06. The van der Waals surface area contributed by atoms with Gasteiger partial charge in [-0.1, -0.05) is 12.1 Å². The lowest BCUT2D eigenvalue weighted by molar-refractivity contribution is -0.0264. The third-order valence-corrected chi connectivity index (χ3v) is 4.26. The van der Waals surface area contributed by atoms with Gasteiger partial charge in [0.05, 0.1) is 18.7 Å². The zero-order chi connectivity index (χ0) is 16.5. The maximum absolute atomic E-state index is 13.0. The number of rotatable bonds is 2. The first kappa shape index (κ1) is 14.8. The molecule has 1 N–H and O–H groups in total. The number of imidazole rings is 1. The SMILES string of the molecule is Cc1cnc(C2CN(C(=O)c3cccc4ncccc34)CCO2)[nH]1. The number of aryl methyl sites for hydroxylation is 1. The number of aromatic amines is 1. The van der Waals surface area contributed by atoms with E-state index >= 15 is 0 Å². The molecule has 1 aromatic carbocycles. The standard InChI is InChI=1S/C18H18N4O2/c1-12-10-20-17(21-12)16-11-22(8-9-24-16)18(23)14-4-2-6-15-13(14)5-3-7-19-15/h2-7,10,16H,8-9,11H2,1H3,(H,20,21). The molecule has 0 aliphatic carbocycles. The van der Waals surface area contributed by atoms with Gasteiger partial charge in [0.2, 0.25) is 0 Å². The van der Waals surface area contributed by atoms with Crippen LogP contribution in [0, 0.1) is 6.92 Å². The number of carbonyl (C=O) groups is 1. The topological polar surface area (TPSA) is 71.1 Å². The Morgan fingerprint density at radius 2 is 2.21 bits per heavy atom. The van der Waals surface area contributed by atoms with E-state index in [1.165, 1.54) is 0 Å². The summed E-state index contributed by atoms with van der Waals surface area (Å²) >= 11 is 0. The predicted molar refractivity (Wildman–Crippen MR) is 89.7 cm³/mol. The minimum Gasteiger partial charge on any atom is -0.367 e. The number of fused-ring (bicyclic) bond motifs is 1. The molecule has 1 fully saturated rings. The molecule has 122 valence electrons. The van der Waals surface area contributed by atoms with Gasteiger partial charge in [-0.15, -0.1) is 0 Å². The van der Waals surface area contributed by atoms with E-state index in [0.717, 1.165) is 22.4 Å². The van der Waals surface area contributed by atoms with E-state index in [4.69, 9.17) is 4.74 Å². The van der Waals surface area contributed by atoms with Crippen LogP contribution in [0.25, 0.3) is 10.9 Å². The minimum atomic E-state index is -0.218. The van der Waals surface area contributed by atoms with Crippen LogP contribution in [0.15, 0.2) is 42.7 Å². The van der Waals surface area contributed by atoms with Gasteiger partial charge in [0.15, 0.2) is 0 Å².